The molecule has 8 heteroatoms. The van der Waals surface area contributed by atoms with Crippen LogP contribution in [0.2, 0.25) is 0 Å². The number of thiazole rings is 1. The van der Waals surface area contributed by atoms with Crippen LogP contribution in [0.1, 0.15) is 17.3 Å². The van der Waals surface area contributed by atoms with Gasteiger partial charge in [0, 0.05) is 14.0 Å². The van der Waals surface area contributed by atoms with Crippen LogP contribution in [0.3, 0.4) is 0 Å². The third-order valence-electron chi connectivity index (χ3n) is 2.85. The zero-order chi connectivity index (χ0) is 16.3. The van der Waals surface area contributed by atoms with Crippen molar-refractivity contribution in [1.82, 2.24) is 4.57 Å². The fraction of sp³-hybridized carbons (Fsp3) is 0.286. The highest BCUT2D eigenvalue weighted by Crippen LogP contribution is 2.19. The van der Waals surface area contributed by atoms with Crippen LogP contribution in [0.15, 0.2) is 23.2 Å². The lowest BCUT2D eigenvalue weighted by atomic mass is 10.2. The third kappa shape index (κ3) is 3.63. The number of ether oxygens (including phenoxy) is 1. The highest BCUT2D eigenvalue weighted by molar-refractivity contribution is 8.14. The van der Waals surface area contributed by atoms with Gasteiger partial charge in [0.1, 0.15) is 0 Å². The Bertz CT molecular complexity index is 820. The van der Waals surface area contributed by atoms with Crippen molar-refractivity contribution < 1.29 is 19.1 Å². The molecule has 0 aliphatic rings. The van der Waals surface area contributed by atoms with Gasteiger partial charge in [-0.15, -0.1) is 0 Å². The maximum Gasteiger partial charge on any atom is 0.337 e. The van der Waals surface area contributed by atoms with Crippen LogP contribution in [0.25, 0.3) is 10.2 Å². The lowest BCUT2D eigenvalue weighted by molar-refractivity contribution is -0.116. The summed E-state index contributed by atoms with van der Waals surface area (Å²) in [5.41, 5.74) is 1.31. The minimum absolute atomic E-state index is 0.0248. The number of hydrogen-bond acceptors (Lipinski definition) is 6. The summed E-state index contributed by atoms with van der Waals surface area (Å²) >= 11 is 2.23. The molecule has 0 unspecified atom stereocenters. The molecule has 2 rings (SSSR count). The zero-order valence-corrected chi connectivity index (χ0v) is 13.9. The number of benzene rings is 1. The van der Waals surface area contributed by atoms with Crippen molar-refractivity contribution in [2.45, 2.75) is 6.92 Å². The molecule has 0 aliphatic heterocycles. The summed E-state index contributed by atoms with van der Waals surface area (Å²) in [4.78, 5) is 38.7. The molecule has 0 spiro atoms. The highest BCUT2D eigenvalue weighted by Gasteiger charge is 2.10. The molecule has 116 valence electrons. The van der Waals surface area contributed by atoms with Crippen LogP contribution in [0.5, 0.6) is 0 Å². The van der Waals surface area contributed by atoms with Crippen molar-refractivity contribution in [3.8, 4) is 0 Å². The number of thioether (sulfide) groups is 1. The molecule has 1 aromatic heterocycles. The van der Waals surface area contributed by atoms with Gasteiger partial charge in [0.25, 0.3) is 5.91 Å². The molecule has 0 radical (unpaired) electrons. The second-order valence-electron chi connectivity index (χ2n) is 4.40. The Balaban J connectivity index is 2.39. The molecule has 1 aromatic carbocycles. The smallest absolute Gasteiger partial charge is 0.337 e. The van der Waals surface area contributed by atoms with Gasteiger partial charge in [0.2, 0.25) is 0 Å². The topological polar surface area (TPSA) is 77.7 Å². The number of fused-ring (bicyclic) bond motifs is 1. The summed E-state index contributed by atoms with van der Waals surface area (Å²) in [5, 5.41) is -0.119. The molecule has 22 heavy (non-hydrogen) atoms. The van der Waals surface area contributed by atoms with Crippen molar-refractivity contribution >= 4 is 50.3 Å². The monoisotopic (exact) mass is 338 g/mol. The van der Waals surface area contributed by atoms with Crippen molar-refractivity contribution in [2.24, 2.45) is 12.0 Å². The van der Waals surface area contributed by atoms with E-state index in [1.54, 1.807) is 29.8 Å². The summed E-state index contributed by atoms with van der Waals surface area (Å²) in [6, 6.07) is 5.16. The summed E-state index contributed by atoms with van der Waals surface area (Å²) in [6.45, 7) is 1.41. The lowest BCUT2D eigenvalue weighted by Gasteiger charge is -1.99. The SMILES string of the molecule is COC(=O)c1ccc2c(c1)sc(=NC(=O)CSC(C)=O)n2C. The van der Waals surface area contributed by atoms with Gasteiger partial charge in [-0.1, -0.05) is 23.1 Å². The lowest BCUT2D eigenvalue weighted by Crippen LogP contribution is -2.14. The van der Waals surface area contributed by atoms with Crippen LogP contribution in [0.4, 0.5) is 0 Å². The average Bonchev–Trinajstić information content (AvgIpc) is 2.80. The van der Waals surface area contributed by atoms with E-state index >= 15 is 0 Å². The summed E-state index contributed by atoms with van der Waals surface area (Å²) in [7, 11) is 3.12. The fourth-order valence-corrected chi connectivity index (χ4v) is 3.25. The summed E-state index contributed by atoms with van der Waals surface area (Å²) < 4.78 is 7.29. The van der Waals surface area contributed by atoms with E-state index in [4.69, 9.17) is 0 Å². The third-order valence-corrected chi connectivity index (χ3v) is 4.74. The number of nitrogens with zero attached hydrogens (tertiary/aromatic N) is 2. The second kappa shape index (κ2) is 6.89. The first-order valence-corrected chi connectivity index (χ1v) is 8.11. The predicted octanol–water partition coefficient (Wildman–Crippen LogP) is 1.73. The molecule has 0 fully saturated rings. The number of carbonyl (C=O) groups excluding carboxylic acids is 3. The minimum atomic E-state index is -0.412. The second-order valence-corrected chi connectivity index (χ2v) is 6.56. The van der Waals surface area contributed by atoms with Gasteiger partial charge in [0.05, 0.1) is 28.6 Å². The van der Waals surface area contributed by atoms with Crippen LogP contribution in [0, 0.1) is 0 Å². The molecular formula is C14H14N2O4S2. The molecule has 0 saturated carbocycles. The molecule has 2 aromatic rings. The normalized spacial score (nSPS) is 11.7. The van der Waals surface area contributed by atoms with Crippen molar-refractivity contribution in [3.63, 3.8) is 0 Å². The van der Waals surface area contributed by atoms with E-state index in [0.717, 1.165) is 22.0 Å². The molecule has 0 N–H and O–H groups in total. The van der Waals surface area contributed by atoms with Crippen LogP contribution in [-0.4, -0.2) is 34.4 Å². The fourth-order valence-electron chi connectivity index (χ4n) is 1.79. The van der Waals surface area contributed by atoms with Crippen LogP contribution in [-0.2, 0) is 21.4 Å². The van der Waals surface area contributed by atoms with Gasteiger partial charge in [-0.05, 0) is 18.2 Å². The standard InChI is InChI=1S/C14H14N2O4S2/c1-8(17)21-7-12(18)15-14-16(2)10-5-4-9(13(19)20-3)6-11(10)22-14/h4-6H,7H2,1-3H3. The number of esters is 1. The Morgan fingerprint density at radius 1 is 1.36 bits per heavy atom. The van der Waals surface area contributed by atoms with Gasteiger partial charge in [-0.25, -0.2) is 4.79 Å². The zero-order valence-electron chi connectivity index (χ0n) is 12.3. The van der Waals surface area contributed by atoms with E-state index in [-0.39, 0.29) is 16.8 Å². The maximum atomic E-state index is 11.7. The first kappa shape index (κ1) is 16.4. The predicted molar refractivity (Wildman–Crippen MR) is 85.8 cm³/mol. The summed E-state index contributed by atoms with van der Waals surface area (Å²) in [6.07, 6.45) is 0. The van der Waals surface area contributed by atoms with E-state index in [0.29, 0.717) is 10.4 Å². The summed E-state index contributed by atoms with van der Waals surface area (Å²) in [5.74, 6) is -0.752. The van der Waals surface area contributed by atoms with Gasteiger partial charge >= 0.3 is 5.97 Å². The quantitative estimate of drug-likeness (QED) is 0.797. The Kier molecular flexibility index (Phi) is 5.15. The molecule has 1 heterocycles. The molecule has 1 amide bonds. The average molecular weight is 338 g/mol. The Labute approximate surface area is 134 Å². The number of amides is 1. The Morgan fingerprint density at radius 3 is 2.73 bits per heavy atom. The number of methoxy groups -OCH3 is 1. The van der Waals surface area contributed by atoms with E-state index in [9.17, 15) is 14.4 Å². The van der Waals surface area contributed by atoms with Crippen molar-refractivity contribution in [1.29, 1.82) is 0 Å². The first-order chi connectivity index (χ1) is 10.4. The van der Waals surface area contributed by atoms with Crippen LogP contribution < -0.4 is 4.80 Å². The number of carbonyl (C=O) groups is 3. The van der Waals surface area contributed by atoms with E-state index in [2.05, 4.69) is 9.73 Å². The first-order valence-electron chi connectivity index (χ1n) is 6.31. The number of hydrogen-bond donors (Lipinski definition) is 0. The van der Waals surface area contributed by atoms with Crippen molar-refractivity contribution in [3.05, 3.63) is 28.6 Å². The Hall–Kier alpha value is -1.93. The molecule has 0 bridgehead atoms. The van der Waals surface area contributed by atoms with Gasteiger partial charge in [-0.2, -0.15) is 4.99 Å². The highest BCUT2D eigenvalue weighted by atomic mass is 32.2. The molecular weight excluding hydrogens is 324 g/mol. The van der Waals surface area contributed by atoms with Crippen molar-refractivity contribution in [2.75, 3.05) is 12.9 Å². The van der Waals surface area contributed by atoms with E-state index in [1.165, 1.54) is 25.4 Å². The van der Waals surface area contributed by atoms with Crippen LogP contribution >= 0.6 is 23.1 Å². The van der Waals surface area contributed by atoms with Gasteiger partial charge in [0.15, 0.2) is 9.92 Å². The van der Waals surface area contributed by atoms with Gasteiger partial charge < -0.3 is 9.30 Å². The maximum absolute atomic E-state index is 11.7. The van der Waals surface area contributed by atoms with Gasteiger partial charge in [-0.3, -0.25) is 9.59 Å². The molecule has 6 nitrogen and oxygen atoms in total. The molecule has 0 atom stereocenters. The number of aromatic nitrogens is 1. The number of aryl methyl sites for hydroxylation is 1. The Morgan fingerprint density at radius 2 is 2.09 bits per heavy atom. The largest absolute Gasteiger partial charge is 0.465 e. The minimum Gasteiger partial charge on any atom is -0.465 e. The number of rotatable bonds is 3. The van der Waals surface area contributed by atoms with E-state index in [1.807, 2.05) is 0 Å². The molecule has 0 saturated heterocycles. The van der Waals surface area contributed by atoms with E-state index < -0.39 is 5.97 Å². The molecule has 0 aliphatic carbocycles.